The number of rotatable bonds is 6. The lowest BCUT2D eigenvalue weighted by atomic mass is 10.0. The molecule has 1 heterocycles. The van der Waals surface area contributed by atoms with Crippen molar-refractivity contribution in [1.82, 2.24) is 9.55 Å². The molecule has 29 heavy (non-hydrogen) atoms. The molecule has 1 aliphatic carbocycles. The first kappa shape index (κ1) is 20.8. The highest BCUT2D eigenvalue weighted by Crippen LogP contribution is 2.27. The molecule has 1 aromatic carbocycles. The lowest BCUT2D eigenvalue weighted by molar-refractivity contribution is 0.184. The van der Waals surface area contributed by atoms with Gasteiger partial charge in [-0.25, -0.2) is 13.2 Å². The third-order valence-corrected chi connectivity index (χ3v) is 4.54. The Morgan fingerprint density at radius 3 is 2.72 bits per heavy atom. The van der Waals surface area contributed by atoms with Crippen molar-refractivity contribution in [3.05, 3.63) is 75.2 Å². The van der Waals surface area contributed by atoms with Gasteiger partial charge in [0.05, 0.1) is 13.2 Å². The highest BCUT2D eigenvalue weighted by molar-refractivity contribution is 5.60. The normalized spacial score (nSPS) is 19.0. The summed E-state index contributed by atoms with van der Waals surface area (Å²) >= 11 is 0. The number of hydrogen-bond acceptors (Lipinski definition) is 4. The lowest BCUT2D eigenvalue weighted by Crippen LogP contribution is -2.23. The number of nitrogens with zero attached hydrogens (tertiary/aromatic N) is 2. The van der Waals surface area contributed by atoms with Gasteiger partial charge in [-0.15, -0.1) is 0 Å². The van der Waals surface area contributed by atoms with Crippen LogP contribution in [0, 0.1) is 12.7 Å². The van der Waals surface area contributed by atoms with Crippen LogP contribution in [0.25, 0.3) is 0 Å². The van der Waals surface area contributed by atoms with Crippen molar-refractivity contribution >= 4 is 11.6 Å². The van der Waals surface area contributed by atoms with Gasteiger partial charge in [-0.05, 0) is 41.8 Å². The van der Waals surface area contributed by atoms with Crippen LogP contribution in [0.2, 0.25) is 0 Å². The average molecular weight is 409 g/mol. The third kappa shape index (κ3) is 4.56. The fraction of sp³-hybridized carbons (Fsp3) is 0.300. The molecule has 5 nitrogen and oxygen atoms in total. The number of benzene rings is 1. The molecule has 0 bridgehead atoms. The van der Waals surface area contributed by atoms with E-state index < -0.39 is 29.5 Å². The van der Waals surface area contributed by atoms with Gasteiger partial charge in [0.25, 0.3) is 0 Å². The van der Waals surface area contributed by atoms with Crippen LogP contribution >= 0.6 is 0 Å². The SMILES string of the molecule is COCc1cccc(Nc2nc(=O)c(F)cn2CC2=CC(F)C(F)C(F)=C2)c1C. The Morgan fingerprint density at radius 1 is 1.28 bits per heavy atom. The molecular formula is C20H19F4N3O2. The van der Waals surface area contributed by atoms with Gasteiger partial charge in [0.1, 0.15) is 5.83 Å². The van der Waals surface area contributed by atoms with Crippen LogP contribution in [0.15, 0.2) is 52.7 Å². The molecule has 9 heteroatoms. The summed E-state index contributed by atoms with van der Waals surface area (Å²) in [6, 6.07) is 5.37. The number of halogens is 4. The van der Waals surface area contributed by atoms with Crippen molar-refractivity contribution in [3.63, 3.8) is 0 Å². The number of methoxy groups -OCH3 is 1. The summed E-state index contributed by atoms with van der Waals surface area (Å²) in [5.74, 6) is -2.40. The quantitative estimate of drug-likeness (QED) is 0.732. The van der Waals surface area contributed by atoms with Gasteiger partial charge in [-0.2, -0.15) is 9.37 Å². The molecule has 0 amide bonds. The molecule has 1 aliphatic rings. The van der Waals surface area contributed by atoms with Crippen molar-refractivity contribution in [2.24, 2.45) is 0 Å². The van der Waals surface area contributed by atoms with E-state index in [1.54, 1.807) is 19.2 Å². The molecule has 3 rings (SSSR count). The van der Waals surface area contributed by atoms with E-state index in [4.69, 9.17) is 4.74 Å². The number of allylic oxidation sites excluding steroid dienone is 4. The van der Waals surface area contributed by atoms with E-state index in [1.165, 1.54) is 4.57 Å². The van der Waals surface area contributed by atoms with Crippen molar-refractivity contribution in [1.29, 1.82) is 0 Å². The molecular weight excluding hydrogens is 390 g/mol. The van der Waals surface area contributed by atoms with Gasteiger partial charge in [0, 0.05) is 19.0 Å². The number of alkyl halides is 2. The Labute approximate surface area is 164 Å². The molecule has 0 spiro atoms. The summed E-state index contributed by atoms with van der Waals surface area (Å²) in [6.07, 6.45) is -1.85. The number of hydrogen-bond donors (Lipinski definition) is 1. The first-order valence-electron chi connectivity index (χ1n) is 8.77. The second-order valence-electron chi connectivity index (χ2n) is 6.61. The maximum atomic E-state index is 13.8. The molecule has 0 aliphatic heterocycles. The van der Waals surface area contributed by atoms with Crippen LogP contribution in [0.1, 0.15) is 11.1 Å². The molecule has 0 radical (unpaired) electrons. The molecule has 0 fully saturated rings. The molecule has 1 aromatic heterocycles. The Hall–Kier alpha value is -2.94. The van der Waals surface area contributed by atoms with Gasteiger partial charge in [0.15, 0.2) is 12.3 Å². The Morgan fingerprint density at radius 2 is 2.03 bits per heavy atom. The van der Waals surface area contributed by atoms with Gasteiger partial charge in [0.2, 0.25) is 11.8 Å². The van der Waals surface area contributed by atoms with Crippen LogP contribution in [0.5, 0.6) is 0 Å². The zero-order chi connectivity index (χ0) is 21.1. The van der Waals surface area contributed by atoms with Crippen LogP contribution in [0.3, 0.4) is 0 Å². The van der Waals surface area contributed by atoms with Gasteiger partial charge in [-0.3, -0.25) is 4.79 Å². The van der Waals surface area contributed by atoms with Gasteiger partial charge < -0.3 is 14.6 Å². The highest BCUT2D eigenvalue weighted by Gasteiger charge is 2.27. The summed E-state index contributed by atoms with van der Waals surface area (Å²) in [6.45, 7) is 1.98. The van der Waals surface area contributed by atoms with E-state index >= 15 is 0 Å². The van der Waals surface area contributed by atoms with Crippen molar-refractivity contribution < 1.29 is 22.3 Å². The van der Waals surface area contributed by atoms with Crippen LogP contribution in [0.4, 0.5) is 29.2 Å². The van der Waals surface area contributed by atoms with Gasteiger partial charge >= 0.3 is 5.56 Å². The third-order valence-electron chi connectivity index (χ3n) is 4.54. The smallest absolute Gasteiger partial charge is 0.310 e. The first-order chi connectivity index (χ1) is 13.8. The topological polar surface area (TPSA) is 56.1 Å². The summed E-state index contributed by atoms with van der Waals surface area (Å²) < 4.78 is 60.7. The van der Waals surface area contributed by atoms with E-state index in [9.17, 15) is 22.4 Å². The van der Waals surface area contributed by atoms with Crippen molar-refractivity contribution in [2.75, 3.05) is 12.4 Å². The zero-order valence-corrected chi connectivity index (χ0v) is 15.8. The summed E-state index contributed by atoms with van der Waals surface area (Å²) in [5.41, 5.74) is 1.31. The monoisotopic (exact) mass is 409 g/mol. The standard InChI is InChI=1S/C20H19F4N3O2/c1-11-13(10-29-2)4-3-5-17(11)25-20-26-19(28)16(23)9-27(20)8-12-6-14(21)18(24)15(22)7-12/h3-7,9,14,18H,8,10H2,1-2H3,(H,25,26,28). The van der Waals surface area contributed by atoms with E-state index in [1.807, 2.05) is 13.0 Å². The maximum absolute atomic E-state index is 13.8. The van der Waals surface area contributed by atoms with E-state index in [0.29, 0.717) is 12.3 Å². The maximum Gasteiger partial charge on any atom is 0.310 e. The minimum atomic E-state index is -2.36. The molecule has 154 valence electrons. The van der Waals surface area contributed by atoms with E-state index in [2.05, 4.69) is 10.3 Å². The van der Waals surface area contributed by atoms with E-state index in [0.717, 1.165) is 29.5 Å². The lowest BCUT2D eigenvalue weighted by Gasteiger charge is -2.19. The Bertz CT molecular complexity index is 1030. The molecule has 2 atom stereocenters. The van der Waals surface area contributed by atoms with Crippen LogP contribution in [-0.4, -0.2) is 29.0 Å². The number of anilines is 2. The second kappa shape index (κ2) is 8.60. The second-order valence-corrected chi connectivity index (χ2v) is 6.61. The largest absolute Gasteiger partial charge is 0.380 e. The Kier molecular flexibility index (Phi) is 6.17. The fourth-order valence-corrected chi connectivity index (χ4v) is 2.98. The molecule has 0 saturated heterocycles. The van der Waals surface area contributed by atoms with Crippen LogP contribution < -0.4 is 10.9 Å². The summed E-state index contributed by atoms with van der Waals surface area (Å²) in [4.78, 5) is 15.4. The predicted molar refractivity (Wildman–Crippen MR) is 101 cm³/mol. The van der Waals surface area contributed by atoms with E-state index in [-0.39, 0.29) is 18.1 Å². The first-order valence-corrected chi connectivity index (χ1v) is 8.77. The molecule has 2 aromatic rings. The highest BCUT2D eigenvalue weighted by atomic mass is 19.2. The summed E-state index contributed by atoms with van der Waals surface area (Å²) in [7, 11) is 1.56. The molecule has 1 N–H and O–H groups in total. The molecule has 0 saturated carbocycles. The zero-order valence-electron chi connectivity index (χ0n) is 15.8. The van der Waals surface area contributed by atoms with Crippen LogP contribution in [-0.2, 0) is 17.9 Å². The van der Waals surface area contributed by atoms with Crippen molar-refractivity contribution in [3.8, 4) is 0 Å². The number of nitrogens with one attached hydrogen (secondary N) is 1. The van der Waals surface area contributed by atoms with Gasteiger partial charge in [-0.1, -0.05) is 12.1 Å². The number of aromatic nitrogens is 2. The fourth-order valence-electron chi connectivity index (χ4n) is 2.98. The minimum Gasteiger partial charge on any atom is -0.380 e. The predicted octanol–water partition coefficient (Wildman–Crippen LogP) is 4.05. The Balaban J connectivity index is 1.97. The van der Waals surface area contributed by atoms with Crippen molar-refractivity contribution in [2.45, 2.75) is 32.4 Å². The number of ether oxygens (including phenoxy) is 1. The average Bonchev–Trinajstić information content (AvgIpc) is 2.67. The minimum absolute atomic E-state index is 0.0263. The summed E-state index contributed by atoms with van der Waals surface area (Å²) in [5, 5.41) is 2.95. The molecule has 2 unspecified atom stereocenters.